The maximum atomic E-state index is 12.8. The van der Waals surface area contributed by atoms with Crippen LogP contribution < -0.4 is 15.8 Å². The summed E-state index contributed by atoms with van der Waals surface area (Å²) in [4.78, 5) is 29.0. The van der Waals surface area contributed by atoms with E-state index in [9.17, 15) is 9.59 Å². The number of ether oxygens (including phenoxy) is 1. The largest absolute Gasteiger partial charge is 0.492 e. The second kappa shape index (κ2) is 11.7. The Labute approximate surface area is 168 Å². The Bertz CT molecular complexity index is 617. The highest BCUT2D eigenvalue weighted by Gasteiger charge is 2.28. The van der Waals surface area contributed by atoms with Gasteiger partial charge in [0, 0.05) is 38.3 Å². The molecule has 1 aromatic carbocycles. The van der Waals surface area contributed by atoms with Crippen LogP contribution >= 0.6 is 0 Å². The highest BCUT2D eigenvalue weighted by Crippen LogP contribution is 2.20. The highest BCUT2D eigenvalue weighted by molar-refractivity contribution is 5.94. The number of piperidine rings is 1. The molecule has 0 bridgehead atoms. The van der Waals surface area contributed by atoms with Crippen LogP contribution in [0.4, 0.5) is 0 Å². The van der Waals surface area contributed by atoms with Crippen molar-refractivity contribution in [2.75, 3.05) is 52.4 Å². The third-order valence-corrected chi connectivity index (χ3v) is 5.19. The Morgan fingerprint density at radius 3 is 2.61 bits per heavy atom. The molecule has 1 fully saturated rings. The maximum Gasteiger partial charge on any atom is 0.253 e. The van der Waals surface area contributed by atoms with Crippen LogP contribution in [0.5, 0.6) is 5.75 Å². The minimum Gasteiger partial charge on any atom is -0.492 e. The van der Waals surface area contributed by atoms with Crippen LogP contribution in [-0.4, -0.2) is 74.0 Å². The van der Waals surface area contributed by atoms with Crippen LogP contribution in [0, 0.1) is 5.92 Å². The van der Waals surface area contributed by atoms with Gasteiger partial charge < -0.3 is 25.6 Å². The fourth-order valence-electron chi connectivity index (χ4n) is 3.42. The Balaban J connectivity index is 1.87. The number of hydrogen-bond acceptors (Lipinski definition) is 5. The fourth-order valence-corrected chi connectivity index (χ4v) is 3.42. The first-order valence-corrected chi connectivity index (χ1v) is 10.3. The zero-order chi connectivity index (χ0) is 20.4. The second-order valence-corrected chi connectivity index (χ2v) is 7.07. The first-order valence-electron chi connectivity index (χ1n) is 10.3. The Morgan fingerprint density at radius 2 is 1.96 bits per heavy atom. The van der Waals surface area contributed by atoms with Gasteiger partial charge in [-0.25, -0.2) is 0 Å². The average Bonchev–Trinajstić information content (AvgIpc) is 2.75. The van der Waals surface area contributed by atoms with Crippen LogP contribution in [0.15, 0.2) is 24.3 Å². The van der Waals surface area contributed by atoms with E-state index in [1.807, 2.05) is 12.1 Å². The van der Waals surface area contributed by atoms with Crippen molar-refractivity contribution in [1.29, 1.82) is 0 Å². The molecule has 3 N–H and O–H groups in total. The Morgan fingerprint density at radius 1 is 1.25 bits per heavy atom. The number of nitrogens with zero attached hydrogens (tertiary/aromatic N) is 2. The number of benzene rings is 1. The van der Waals surface area contributed by atoms with E-state index in [1.54, 1.807) is 17.0 Å². The fraction of sp³-hybridized carbons (Fsp3) is 0.619. The molecule has 2 amide bonds. The number of likely N-dealkylation sites (tertiary alicyclic amines) is 1. The molecule has 0 spiro atoms. The van der Waals surface area contributed by atoms with Gasteiger partial charge in [-0.1, -0.05) is 13.8 Å². The van der Waals surface area contributed by atoms with E-state index in [1.165, 1.54) is 0 Å². The molecule has 0 aliphatic carbocycles. The minimum atomic E-state index is -0.160. The van der Waals surface area contributed by atoms with Crippen molar-refractivity contribution in [3.63, 3.8) is 0 Å². The third kappa shape index (κ3) is 6.49. The van der Waals surface area contributed by atoms with Gasteiger partial charge in [0.25, 0.3) is 5.91 Å². The normalized spacial score (nSPS) is 16.9. The topological polar surface area (TPSA) is 87.9 Å². The summed E-state index contributed by atoms with van der Waals surface area (Å²) >= 11 is 0. The molecule has 7 nitrogen and oxygen atoms in total. The third-order valence-electron chi connectivity index (χ3n) is 5.19. The minimum absolute atomic E-state index is 0.0140. The van der Waals surface area contributed by atoms with E-state index in [0.717, 1.165) is 38.2 Å². The zero-order valence-electron chi connectivity index (χ0n) is 17.2. The monoisotopic (exact) mass is 390 g/mol. The van der Waals surface area contributed by atoms with Gasteiger partial charge in [-0.2, -0.15) is 0 Å². The van der Waals surface area contributed by atoms with Crippen LogP contribution in [0.3, 0.4) is 0 Å². The van der Waals surface area contributed by atoms with E-state index in [0.29, 0.717) is 38.3 Å². The molecule has 1 saturated heterocycles. The predicted molar refractivity (Wildman–Crippen MR) is 110 cm³/mol. The number of carbonyl (C=O) groups is 2. The lowest BCUT2D eigenvalue weighted by Crippen LogP contribution is -2.46. The lowest BCUT2D eigenvalue weighted by molar-refractivity contribution is -0.126. The summed E-state index contributed by atoms with van der Waals surface area (Å²) < 4.78 is 5.78. The van der Waals surface area contributed by atoms with Crippen LogP contribution in [0.1, 0.15) is 37.0 Å². The summed E-state index contributed by atoms with van der Waals surface area (Å²) in [5.41, 5.74) is 6.06. The number of likely N-dealkylation sites (N-methyl/N-ethyl adjacent to an activating group) is 1. The molecule has 1 aromatic rings. The molecular weight excluding hydrogens is 356 g/mol. The van der Waals surface area contributed by atoms with Gasteiger partial charge in [0.2, 0.25) is 5.91 Å². The Hall–Kier alpha value is -2.12. The van der Waals surface area contributed by atoms with E-state index in [2.05, 4.69) is 24.1 Å². The van der Waals surface area contributed by atoms with Crippen LogP contribution in [0.2, 0.25) is 0 Å². The summed E-state index contributed by atoms with van der Waals surface area (Å²) in [6.07, 6.45) is 1.64. The number of hydrogen-bond donors (Lipinski definition) is 2. The van der Waals surface area contributed by atoms with Gasteiger partial charge in [-0.15, -0.1) is 0 Å². The number of carbonyl (C=O) groups excluding carboxylic acids is 2. The summed E-state index contributed by atoms with van der Waals surface area (Å²) in [6.45, 7) is 9.83. The predicted octanol–water partition coefficient (Wildman–Crippen LogP) is 1.33. The molecule has 0 saturated carbocycles. The summed E-state index contributed by atoms with van der Waals surface area (Å²) in [5, 5.41) is 2.82. The molecule has 156 valence electrons. The number of amides is 2. The van der Waals surface area contributed by atoms with Crippen LogP contribution in [-0.2, 0) is 4.79 Å². The molecule has 0 radical (unpaired) electrons. The number of rotatable bonds is 10. The van der Waals surface area contributed by atoms with Crippen molar-refractivity contribution in [2.45, 2.75) is 26.7 Å². The summed E-state index contributed by atoms with van der Waals surface area (Å²) in [5.74, 6) is 0.555. The zero-order valence-corrected chi connectivity index (χ0v) is 17.2. The molecule has 2 rings (SSSR count). The quantitative estimate of drug-likeness (QED) is 0.629. The van der Waals surface area contributed by atoms with Gasteiger partial charge in [-0.3, -0.25) is 9.59 Å². The SMILES string of the molecule is CCN(CC)CCOc1ccc(C(=O)N2CCCC(C(=O)NCCN)C2)cc1. The summed E-state index contributed by atoms with van der Waals surface area (Å²) in [7, 11) is 0. The van der Waals surface area contributed by atoms with E-state index >= 15 is 0 Å². The smallest absolute Gasteiger partial charge is 0.253 e. The first kappa shape index (κ1) is 22.2. The van der Waals surface area contributed by atoms with Gasteiger partial charge >= 0.3 is 0 Å². The average molecular weight is 391 g/mol. The second-order valence-electron chi connectivity index (χ2n) is 7.07. The molecule has 1 heterocycles. The molecule has 1 unspecified atom stereocenters. The number of nitrogens with one attached hydrogen (secondary N) is 1. The van der Waals surface area contributed by atoms with Gasteiger partial charge in [0.05, 0.1) is 5.92 Å². The lowest BCUT2D eigenvalue weighted by Gasteiger charge is -2.32. The molecule has 1 aliphatic heterocycles. The first-order chi connectivity index (χ1) is 13.6. The molecule has 1 aliphatic rings. The lowest BCUT2D eigenvalue weighted by atomic mass is 9.96. The molecule has 1 atom stereocenters. The van der Waals surface area contributed by atoms with Crippen molar-refractivity contribution in [3.8, 4) is 5.75 Å². The van der Waals surface area contributed by atoms with Crippen molar-refractivity contribution < 1.29 is 14.3 Å². The van der Waals surface area contributed by atoms with E-state index in [4.69, 9.17) is 10.5 Å². The Kier molecular flexibility index (Phi) is 9.23. The summed E-state index contributed by atoms with van der Waals surface area (Å²) in [6, 6.07) is 7.27. The molecule has 28 heavy (non-hydrogen) atoms. The van der Waals surface area contributed by atoms with Gasteiger partial charge in [0.15, 0.2) is 0 Å². The van der Waals surface area contributed by atoms with E-state index < -0.39 is 0 Å². The standard InChI is InChI=1S/C21H34N4O3/c1-3-24(4-2)14-15-28-19-9-7-17(8-10-19)21(27)25-13-5-6-18(16-25)20(26)23-12-11-22/h7-10,18H,3-6,11-16,22H2,1-2H3,(H,23,26). The maximum absolute atomic E-state index is 12.8. The van der Waals surface area contributed by atoms with Crippen molar-refractivity contribution in [2.24, 2.45) is 11.7 Å². The van der Waals surface area contributed by atoms with Crippen LogP contribution in [0.25, 0.3) is 0 Å². The van der Waals surface area contributed by atoms with Gasteiger partial charge in [0.1, 0.15) is 12.4 Å². The van der Waals surface area contributed by atoms with Crippen molar-refractivity contribution >= 4 is 11.8 Å². The number of nitrogens with two attached hydrogens (primary N) is 1. The molecule has 7 heteroatoms. The molecule has 0 aromatic heterocycles. The highest BCUT2D eigenvalue weighted by atomic mass is 16.5. The van der Waals surface area contributed by atoms with E-state index in [-0.39, 0.29) is 17.7 Å². The van der Waals surface area contributed by atoms with Crippen molar-refractivity contribution in [3.05, 3.63) is 29.8 Å². The van der Waals surface area contributed by atoms with Crippen molar-refractivity contribution in [1.82, 2.24) is 15.1 Å². The van der Waals surface area contributed by atoms with Gasteiger partial charge in [-0.05, 0) is 50.2 Å². The molecular formula is C21H34N4O3.